The molecule has 2 unspecified atom stereocenters. The third-order valence-electron chi connectivity index (χ3n) is 6.49. The van der Waals surface area contributed by atoms with E-state index < -0.39 is 6.04 Å². The van der Waals surface area contributed by atoms with E-state index in [2.05, 4.69) is 10.6 Å². The summed E-state index contributed by atoms with van der Waals surface area (Å²) < 4.78 is 0. The number of piperidine rings is 1. The number of thiazole rings is 1. The van der Waals surface area contributed by atoms with Crippen molar-refractivity contribution in [2.45, 2.75) is 57.0 Å². The summed E-state index contributed by atoms with van der Waals surface area (Å²) in [4.78, 5) is 32.9. The predicted octanol–water partition coefficient (Wildman–Crippen LogP) is 5.77. The minimum atomic E-state index is -0.694. The molecule has 7 heteroatoms. The minimum absolute atomic E-state index is 0.131. The molecule has 2 aromatic carbocycles. The van der Waals surface area contributed by atoms with E-state index in [-0.39, 0.29) is 17.7 Å². The van der Waals surface area contributed by atoms with Crippen LogP contribution in [0.1, 0.15) is 69.4 Å². The van der Waals surface area contributed by atoms with Crippen LogP contribution in [0.2, 0.25) is 5.02 Å². The summed E-state index contributed by atoms with van der Waals surface area (Å²) in [5.74, 6) is 0.0486. The Bertz CT molecular complexity index is 1210. The molecule has 176 valence electrons. The number of hydrogen-bond acceptors (Lipinski definition) is 5. The first-order valence-electron chi connectivity index (χ1n) is 11.9. The fourth-order valence-corrected chi connectivity index (χ4v) is 5.93. The molecular weight excluding hydrogens is 466 g/mol. The smallest absolute Gasteiger partial charge is 0.251 e. The molecular formula is C27H28ClN3O2S. The Morgan fingerprint density at radius 1 is 1.12 bits per heavy atom. The second-order valence-corrected chi connectivity index (χ2v) is 10.7. The van der Waals surface area contributed by atoms with Crippen molar-refractivity contribution in [3.8, 4) is 10.4 Å². The van der Waals surface area contributed by atoms with E-state index >= 15 is 0 Å². The van der Waals surface area contributed by atoms with Crippen molar-refractivity contribution in [2.75, 3.05) is 6.54 Å². The normalized spacial score (nSPS) is 18.9. The zero-order valence-electron chi connectivity index (χ0n) is 19.1. The number of amides is 1. The molecule has 34 heavy (non-hydrogen) atoms. The number of nitrogens with one attached hydrogen (secondary N) is 2. The van der Waals surface area contributed by atoms with Gasteiger partial charge >= 0.3 is 0 Å². The molecule has 2 fully saturated rings. The van der Waals surface area contributed by atoms with Crippen molar-refractivity contribution in [1.82, 2.24) is 15.6 Å². The van der Waals surface area contributed by atoms with Crippen LogP contribution in [-0.4, -0.2) is 35.3 Å². The molecule has 0 radical (unpaired) electrons. The lowest BCUT2D eigenvalue weighted by molar-refractivity contribution is 0.0823. The number of carbonyl (C=O) groups excluding carboxylic acids is 2. The second kappa shape index (κ2) is 9.98. The van der Waals surface area contributed by atoms with Crippen LogP contribution in [0.5, 0.6) is 0 Å². The molecule has 2 heterocycles. The van der Waals surface area contributed by atoms with E-state index in [1.165, 1.54) is 0 Å². The molecule has 2 aliphatic rings. The van der Waals surface area contributed by atoms with Gasteiger partial charge in [-0.05, 0) is 69.0 Å². The zero-order valence-corrected chi connectivity index (χ0v) is 20.7. The van der Waals surface area contributed by atoms with Crippen LogP contribution in [0.4, 0.5) is 0 Å². The highest BCUT2D eigenvalue weighted by Gasteiger charge is 2.36. The first kappa shape index (κ1) is 23.2. The quantitative estimate of drug-likeness (QED) is 0.410. The van der Waals surface area contributed by atoms with Gasteiger partial charge in [-0.1, -0.05) is 47.9 Å². The Morgan fingerprint density at radius 3 is 2.65 bits per heavy atom. The van der Waals surface area contributed by atoms with Gasteiger partial charge in [0.15, 0.2) is 0 Å². The number of carbonyl (C=O) groups is 2. The summed E-state index contributed by atoms with van der Waals surface area (Å²) in [5.41, 5.74) is 2.89. The number of aryl methyl sites for hydroxylation is 1. The van der Waals surface area contributed by atoms with Crippen LogP contribution in [0.15, 0.2) is 48.5 Å². The number of benzene rings is 2. The predicted molar refractivity (Wildman–Crippen MR) is 137 cm³/mol. The van der Waals surface area contributed by atoms with Gasteiger partial charge in [-0.3, -0.25) is 9.59 Å². The highest BCUT2D eigenvalue weighted by Crippen LogP contribution is 2.45. The summed E-state index contributed by atoms with van der Waals surface area (Å²) in [6.07, 6.45) is 5.13. The fourth-order valence-electron chi connectivity index (χ4n) is 4.50. The first-order chi connectivity index (χ1) is 16.5. The van der Waals surface area contributed by atoms with E-state index in [0.29, 0.717) is 22.2 Å². The molecule has 3 aromatic rings. The van der Waals surface area contributed by atoms with Crippen molar-refractivity contribution >= 4 is 34.6 Å². The van der Waals surface area contributed by atoms with Crippen molar-refractivity contribution in [2.24, 2.45) is 0 Å². The van der Waals surface area contributed by atoms with Crippen molar-refractivity contribution < 1.29 is 9.59 Å². The van der Waals surface area contributed by atoms with Gasteiger partial charge in [0, 0.05) is 22.5 Å². The number of rotatable bonds is 7. The third-order valence-corrected chi connectivity index (χ3v) is 7.99. The van der Waals surface area contributed by atoms with Crippen LogP contribution in [-0.2, 0) is 0 Å². The lowest BCUT2D eigenvalue weighted by Crippen LogP contribution is -2.55. The standard InChI is InChI=1S/C27H28ClN3O2S/c1-16-6-4-8-19(14-16)26(33)30-22(21-10-2-3-13-29-21)24(32)23-25(18-7-5-9-20(28)15-18)34-27(31-23)17-11-12-17/h4-9,14-15,17,21-22,29H,2-3,10-13H2,1H3,(H,30,33). The van der Waals surface area contributed by atoms with Crippen LogP contribution < -0.4 is 10.6 Å². The maximum Gasteiger partial charge on any atom is 0.251 e. The maximum atomic E-state index is 14.1. The van der Waals surface area contributed by atoms with Gasteiger partial charge < -0.3 is 10.6 Å². The van der Waals surface area contributed by atoms with E-state index in [4.69, 9.17) is 16.6 Å². The summed E-state index contributed by atoms with van der Waals surface area (Å²) in [7, 11) is 0. The van der Waals surface area contributed by atoms with E-state index in [1.807, 2.05) is 49.4 Å². The molecule has 1 saturated heterocycles. The monoisotopic (exact) mass is 493 g/mol. The Balaban J connectivity index is 1.51. The van der Waals surface area contributed by atoms with E-state index in [0.717, 1.165) is 59.7 Å². The highest BCUT2D eigenvalue weighted by atomic mass is 35.5. The highest BCUT2D eigenvalue weighted by molar-refractivity contribution is 7.15. The average molecular weight is 494 g/mol. The summed E-state index contributed by atoms with van der Waals surface area (Å²) in [6, 6.07) is 14.2. The molecule has 2 N–H and O–H groups in total. The topological polar surface area (TPSA) is 71.1 Å². The summed E-state index contributed by atoms with van der Waals surface area (Å²) in [6.45, 7) is 2.79. The average Bonchev–Trinajstić information content (AvgIpc) is 3.60. The van der Waals surface area contributed by atoms with Gasteiger partial charge in [0.25, 0.3) is 5.91 Å². The number of hydrogen-bond donors (Lipinski definition) is 2. The molecule has 5 rings (SSSR count). The molecule has 1 saturated carbocycles. The molecule has 1 amide bonds. The lowest BCUT2D eigenvalue weighted by Gasteiger charge is -2.31. The van der Waals surface area contributed by atoms with Gasteiger partial charge in [0.1, 0.15) is 11.7 Å². The molecule has 1 aromatic heterocycles. The SMILES string of the molecule is Cc1cccc(C(=O)NC(C(=O)c2nc(C3CC3)sc2-c2cccc(Cl)c2)C2CCCCN2)c1. The fraction of sp³-hybridized carbons (Fsp3) is 0.370. The van der Waals surface area contributed by atoms with Crippen LogP contribution in [0, 0.1) is 6.92 Å². The van der Waals surface area contributed by atoms with Crippen LogP contribution in [0.25, 0.3) is 10.4 Å². The number of aromatic nitrogens is 1. The van der Waals surface area contributed by atoms with E-state index in [1.54, 1.807) is 17.4 Å². The molecule has 2 atom stereocenters. The van der Waals surface area contributed by atoms with Crippen LogP contribution in [0.3, 0.4) is 0 Å². The Hall–Kier alpha value is -2.54. The summed E-state index contributed by atoms with van der Waals surface area (Å²) in [5, 5.41) is 8.15. The lowest BCUT2D eigenvalue weighted by atomic mass is 9.92. The number of Topliss-reactive ketones (excluding diaryl/α,β-unsaturated/α-hetero) is 1. The summed E-state index contributed by atoms with van der Waals surface area (Å²) >= 11 is 7.85. The number of halogens is 1. The van der Waals surface area contributed by atoms with Gasteiger partial charge in [0.05, 0.1) is 9.88 Å². The molecule has 0 bridgehead atoms. The third kappa shape index (κ3) is 5.09. The molecule has 1 aliphatic heterocycles. The van der Waals surface area contributed by atoms with Crippen molar-refractivity contribution in [3.05, 3.63) is 75.4 Å². The van der Waals surface area contributed by atoms with Gasteiger partial charge in [-0.25, -0.2) is 4.98 Å². The largest absolute Gasteiger partial charge is 0.340 e. The molecule has 0 spiro atoms. The van der Waals surface area contributed by atoms with E-state index in [9.17, 15) is 9.59 Å². The van der Waals surface area contributed by atoms with Crippen molar-refractivity contribution in [3.63, 3.8) is 0 Å². The van der Waals surface area contributed by atoms with Crippen LogP contribution >= 0.6 is 22.9 Å². The second-order valence-electron chi connectivity index (χ2n) is 9.26. The van der Waals surface area contributed by atoms with Gasteiger partial charge in [-0.15, -0.1) is 11.3 Å². The Labute approximate surface area is 208 Å². The minimum Gasteiger partial charge on any atom is -0.340 e. The Morgan fingerprint density at radius 2 is 1.94 bits per heavy atom. The Kier molecular flexibility index (Phi) is 6.82. The molecule has 5 nitrogen and oxygen atoms in total. The molecule has 1 aliphatic carbocycles. The van der Waals surface area contributed by atoms with Crippen molar-refractivity contribution in [1.29, 1.82) is 0 Å². The maximum absolute atomic E-state index is 14.1. The van der Waals surface area contributed by atoms with Gasteiger partial charge in [-0.2, -0.15) is 0 Å². The first-order valence-corrected chi connectivity index (χ1v) is 13.1. The zero-order chi connectivity index (χ0) is 23.7. The number of nitrogens with zero attached hydrogens (tertiary/aromatic N) is 1. The van der Waals surface area contributed by atoms with Gasteiger partial charge in [0.2, 0.25) is 5.78 Å². The number of ketones is 1.